The second-order valence-electron chi connectivity index (χ2n) is 4.80. The number of anilines is 2. The molecule has 6 nitrogen and oxygen atoms in total. The first-order chi connectivity index (χ1) is 9.63. The Bertz CT molecular complexity index is 484. The first-order valence-electron chi connectivity index (χ1n) is 6.64. The lowest BCUT2D eigenvalue weighted by atomic mass is 10.2. The van der Waals surface area contributed by atoms with E-state index in [1.54, 1.807) is 7.11 Å². The largest absolute Gasteiger partial charge is 0.490 e. The van der Waals surface area contributed by atoms with Crippen LogP contribution in [0.5, 0.6) is 5.75 Å². The molecule has 0 fully saturated rings. The maximum Gasteiger partial charge on any atom is 0.227 e. The van der Waals surface area contributed by atoms with Crippen LogP contribution in [-0.4, -0.2) is 45.9 Å². The average molecular weight is 352 g/mol. The van der Waals surface area contributed by atoms with Gasteiger partial charge in [0.2, 0.25) is 5.91 Å². The van der Waals surface area contributed by atoms with Gasteiger partial charge < -0.3 is 25.4 Å². The van der Waals surface area contributed by atoms with Crippen molar-refractivity contribution >= 4 is 42.1 Å². The van der Waals surface area contributed by atoms with Crippen molar-refractivity contribution in [2.24, 2.45) is 5.73 Å². The van der Waals surface area contributed by atoms with Crippen LogP contribution in [-0.2, 0) is 9.53 Å². The number of amides is 1. The van der Waals surface area contributed by atoms with Gasteiger partial charge in [0.15, 0.2) is 0 Å². The van der Waals surface area contributed by atoms with E-state index in [0.29, 0.717) is 13.2 Å². The molecule has 22 heavy (non-hydrogen) atoms. The van der Waals surface area contributed by atoms with Gasteiger partial charge in [0, 0.05) is 26.4 Å². The molecule has 1 unspecified atom stereocenters. The van der Waals surface area contributed by atoms with Crippen LogP contribution in [0.3, 0.4) is 0 Å². The summed E-state index contributed by atoms with van der Waals surface area (Å²) in [5.41, 5.74) is 7.24. The number of methoxy groups -OCH3 is 1. The van der Waals surface area contributed by atoms with Gasteiger partial charge in [-0.05, 0) is 18.2 Å². The molecule has 1 aliphatic rings. The SMILES string of the molecule is COC(CN)CC(=O)Nc1ccc2c(c1)N(C)CCO2.Cl.Cl. The normalized spacial score (nSPS) is 13.9. The van der Waals surface area contributed by atoms with Gasteiger partial charge in [-0.3, -0.25) is 4.79 Å². The highest BCUT2D eigenvalue weighted by atomic mass is 35.5. The molecule has 0 saturated heterocycles. The summed E-state index contributed by atoms with van der Waals surface area (Å²) >= 11 is 0. The molecule has 0 radical (unpaired) electrons. The molecule has 1 aromatic carbocycles. The summed E-state index contributed by atoms with van der Waals surface area (Å²) in [6.45, 7) is 1.84. The molecule has 2 rings (SSSR count). The average Bonchev–Trinajstić information content (AvgIpc) is 2.45. The van der Waals surface area contributed by atoms with Gasteiger partial charge in [-0.25, -0.2) is 0 Å². The summed E-state index contributed by atoms with van der Waals surface area (Å²) in [6.07, 6.45) is -0.00481. The maximum atomic E-state index is 11.9. The van der Waals surface area contributed by atoms with Gasteiger partial charge in [-0.1, -0.05) is 0 Å². The van der Waals surface area contributed by atoms with Crippen LogP contribution in [0.15, 0.2) is 18.2 Å². The van der Waals surface area contributed by atoms with Crippen LogP contribution in [0, 0.1) is 0 Å². The molecule has 8 heteroatoms. The molecular formula is C14H23Cl2N3O3. The number of halogens is 2. The van der Waals surface area contributed by atoms with Crippen molar-refractivity contribution in [3.8, 4) is 5.75 Å². The zero-order chi connectivity index (χ0) is 14.5. The number of likely N-dealkylation sites (N-methyl/N-ethyl adjacent to an activating group) is 1. The van der Waals surface area contributed by atoms with Crippen LogP contribution in [0.2, 0.25) is 0 Å². The number of benzene rings is 1. The Balaban J connectivity index is 0.00000220. The van der Waals surface area contributed by atoms with Gasteiger partial charge in [-0.2, -0.15) is 0 Å². The minimum Gasteiger partial charge on any atom is -0.490 e. The number of nitrogens with zero attached hydrogens (tertiary/aromatic N) is 1. The third-order valence-corrected chi connectivity index (χ3v) is 3.35. The van der Waals surface area contributed by atoms with Crippen LogP contribution in [0.25, 0.3) is 0 Å². The number of hydrogen-bond donors (Lipinski definition) is 2. The number of fused-ring (bicyclic) bond motifs is 1. The molecule has 0 bridgehead atoms. The van der Waals surface area contributed by atoms with Crippen molar-refractivity contribution in [1.82, 2.24) is 0 Å². The van der Waals surface area contributed by atoms with Crippen molar-refractivity contribution in [1.29, 1.82) is 0 Å². The zero-order valence-electron chi connectivity index (χ0n) is 12.7. The summed E-state index contributed by atoms with van der Waals surface area (Å²) in [5, 5.41) is 2.85. The third kappa shape index (κ3) is 5.21. The molecule has 126 valence electrons. The Morgan fingerprint density at radius 3 is 2.86 bits per heavy atom. The lowest BCUT2D eigenvalue weighted by molar-refractivity contribution is -0.118. The van der Waals surface area contributed by atoms with E-state index in [1.165, 1.54) is 0 Å². The quantitative estimate of drug-likeness (QED) is 0.843. The molecule has 1 aromatic rings. The van der Waals surface area contributed by atoms with Crippen LogP contribution in [0.4, 0.5) is 11.4 Å². The first kappa shape index (κ1) is 20.8. The van der Waals surface area contributed by atoms with E-state index in [9.17, 15) is 4.79 Å². The summed E-state index contributed by atoms with van der Waals surface area (Å²) < 4.78 is 10.7. The molecule has 0 spiro atoms. The minimum atomic E-state index is -0.251. The second kappa shape index (κ2) is 9.74. The maximum absolute atomic E-state index is 11.9. The molecule has 1 aliphatic heterocycles. The van der Waals surface area contributed by atoms with Gasteiger partial charge >= 0.3 is 0 Å². The lowest BCUT2D eigenvalue weighted by Crippen LogP contribution is -2.29. The van der Waals surface area contributed by atoms with Gasteiger partial charge in [0.1, 0.15) is 12.4 Å². The van der Waals surface area contributed by atoms with Crippen LogP contribution >= 0.6 is 24.8 Å². The molecule has 3 N–H and O–H groups in total. The van der Waals surface area contributed by atoms with E-state index in [1.807, 2.05) is 25.2 Å². The van der Waals surface area contributed by atoms with Crippen molar-refractivity contribution in [2.75, 3.05) is 44.1 Å². The highest BCUT2D eigenvalue weighted by Crippen LogP contribution is 2.33. The van der Waals surface area contributed by atoms with E-state index in [4.69, 9.17) is 15.2 Å². The van der Waals surface area contributed by atoms with Crippen LogP contribution in [0.1, 0.15) is 6.42 Å². The smallest absolute Gasteiger partial charge is 0.227 e. The number of nitrogens with two attached hydrogens (primary N) is 1. The van der Waals surface area contributed by atoms with Crippen molar-refractivity contribution in [3.05, 3.63) is 18.2 Å². The molecule has 1 heterocycles. The molecular weight excluding hydrogens is 329 g/mol. The van der Waals surface area contributed by atoms with Crippen molar-refractivity contribution < 1.29 is 14.3 Å². The third-order valence-electron chi connectivity index (χ3n) is 3.35. The Kier molecular flexibility index (Phi) is 9.20. The molecule has 0 saturated carbocycles. The van der Waals surface area contributed by atoms with Gasteiger partial charge in [-0.15, -0.1) is 24.8 Å². The molecule has 0 aliphatic carbocycles. The fourth-order valence-corrected chi connectivity index (χ4v) is 2.11. The highest BCUT2D eigenvalue weighted by molar-refractivity contribution is 5.92. The fourth-order valence-electron chi connectivity index (χ4n) is 2.11. The number of nitrogens with one attached hydrogen (secondary N) is 1. The Labute approximate surface area is 143 Å². The summed E-state index contributed by atoms with van der Waals surface area (Å²) in [7, 11) is 3.55. The molecule has 1 atom stereocenters. The lowest BCUT2D eigenvalue weighted by Gasteiger charge is -2.28. The first-order valence-corrected chi connectivity index (χ1v) is 6.64. The highest BCUT2D eigenvalue weighted by Gasteiger charge is 2.16. The summed E-state index contributed by atoms with van der Waals surface area (Å²) in [6, 6.07) is 5.62. The standard InChI is InChI=1S/C14H21N3O3.2ClH/c1-17-5-6-20-13-4-3-10(7-12(13)17)16-14(18)8-11(9-15)19-2;;/h3-4,7,11H,5-6,8-9,15H2,1-2H3,(H,16,18);2*1H. The van der Waals surface area contributed by atoms with Crippen LogP contribution < -0.4 is 20.7 Å². The number of carbonyl (C=O) groups is 1. The van der Waals surface area contributed by atoms with E-state index in [0.717, 1.165) is 23.7 Å². The van der Waals surface area contributed by atoms with Gasteiger partial charge in [0.05, 0.1) is 24.8 Å². The Morgan fingerprint density at radius 2 is 2.23 bits per heavy atom. The molecule has 0 aromatic heterocycles. The molecule has 1 amide bonds. The number of rotatable bonds is 5. The van der Waals surface area contributed by atoms with E-state index in [-0.39, 0.29) is 43.2 Å². The predicted octanol–water partition coefficient (Wildman–Crippen LogP) is 1.66. The van der Waals surface area contributed by atoms with E-state index < -0.39 is 0 Å². The van der Waals surface area contributed by atoms with Gasteiger partial charge in [0.25, 0.3) is 0 Å². The number of carbonyl (C=O) groups excluding carboxylic acids is 1. The number of ether oxygens (including phenoxy) is 2. The Morgan fingerprint density at radius 1 is 1.50 bits per heavy atom. The monoisotopic (exact) mass is 351 g/mol. The summed E-state index contributed by atoms with van der Waals surface area (Å²) in [4.78, 5) is 14.0. The van der Waals surface area contributed by atoms with E-state index >= 15 is 0 Å². The van der Waals surface area contributed by atoms with Crippen molar-refractivity contribution in [2.45, 2.75) is 12.5 Å². The zero-order valence-corrected chi connectivity index (χ0v) is 14.3. The fraction of sp³-hybridized carbons (Fsp3) is 0.500. The van der Waals surface area contributed by atoms with Crippen molar-refractivity contribution in [3.63, 3.8) is 0 Å². The minimum absolute atomic E-state index is 0. The van der Waals surface area contributed by atoms with E-state index in [2.05, 4.69) is 10.2 Å². The number of hydrogen-bond acceptors (Lipinski definition) is 5. The predicted molar refractivity (Wildman–Crippen MR) is 92.8 cm³/mol. The Hall–Kier alpha value is -1.21. The topological polar surface area (TPSA) is 76.8 Å². The second-order valence-corrected chi connectivity index (χ2v) is 4.80. The summed E-state index contributed by atoms with van der Waals surface area (Å²) in [5.74, 6) is 0.732.